The second kappa shape index (κ2) is 7.67. The monoisotopic (exact) mass is 304 g/mol. The highest BCUT2D eigenvalue weighted by molar-refractivity contribution is 6.33. The minimum Gasteiger partial charge on any atom is -0.394 e. The topological polar surface area (TPSA) is 61.4 Å². The third kappa shape index (κ3) is 4.77. The Balaban J connectivity index is 1.92. The van der Waals surface area contributed by atoms with Crippen LogP contribution in [0.15, 0.2) is 54.6 Å². The number of benzene rings is 2. The van der Waals surface area contributed by atoms with Crippen LogP contribution in [0.4, 0.5) is 10.5 Å². The normalized spacial score (nSPS) is 11.7. The van der Waals surface area contributed by atoms with E-state index in [0.717, 1.165) is 5.56 Å². The number of rotatable bonds is 5. The van der Waals surface area contributed by atoms with Crippen molar-refractivity contribution in [3.8, 4) is 0 Å². The van der Waals surface area contributed by atoms with E-state index in [1.165, 1.54) is 0 Å². The van der Waals surface area contributed by atoms with Crippen molar-refractivity contribution >= 4 is 23.3 Å². The van der Waals surface area contributed by atoms with Gasteiger partial charge in [-0.15, -0.1) is 0 Å². The number of anilines is 1. The van der Waals surface area contributed by atoms with E-state index in [9.17, 15) is 9.90 Å². The molecule has 0 aliphatic rings. The Morgan fingerprint density at radius 1 is 1.10 bits per heavy atom. The summed E-state index contributed by atoms with van der Waals surface area (Å²) < 4.78 is 0. The van der Waals surface area contributed by atoms with Gasteiger partial charge in [0, 0.05) is 0 Å². The molecule has 0 heterocycles. The number of halogens is 1. The second-order valence-electron chi connectivity index (χ2n) is 4.65. The van der Waals surface area contributed by atoms with Gasteiger partial charge in [-0.25, -0.2) is 4.79 Å². The number of hydrogen-bond acceptors (Lipinski definition) is 2. The number of aliphatic hydroxyl groups is 1. The lowest BCUT2D eigenvalue weighted by Gasteiger charge is -2.17. The number of amides is 2. The summed E-state index contributed by atoms with van der Waals surface area (Å²) >= 11 is 5.98. The molecule has 0 aliphatic heterocycles. The summed E-state index contributed by atoms with van der Waals surface area (Å²) in [6.45, 7) is -0.134. The fourth-order valence-corrected chi connectivity index (χ4v) is 2.15. The number of urea groups is 1. The summed E-state index contributed by atoms with van der Waals surface area (Å²) in [6.07, 6.45) is 0.563. The van der Waals surface area contributed by atoms with Crippen LogP contribution in [0, 0.1) is 0 Å². The van der Waals surface area contributed by atoms with Crippen molar-refractivity contribution in [1.29, 1.82) is 0 Å². The van der Waals surface area contributed by atoms with E-state index in [0.29, 0.717) is 17.1 Å². The van der Waals surface area contributed by atoms with Crippen LogP contribution in [0.25, 0.3) is 0 Å². The van der Waals surface area contributed by atoms with Crippen LogP contribution in [-0.4, -0.2) is 23.8 Å². The molecule has 0 bridgehead atoms. The number of nitrogens with one attached hydrogen (secondary N) is 2. The van der Waals surface area contributed by atoms with E-state index >= 15 is 0 Å². The van der Waals surface area contributed by atoms with Gasteiger partial charge < -0.3 is 15.7 Å². The molecule has 0 aromatic heterocycles. The molecule has 0 fully saturated rings. The zero-order valence-electron chi connectivity index (χ0n) is 11.4. The zero-order chi connectivity index (χ0) is 15.1. The van der Waals surface area contributed by atoms with Gasteiger partial charge in [0.1, 0.15) is 0 Å². The van der Waals surface area contributed by atoms with Crippen molar-refractivity contribution < 1.29 is 9.90 Å². The lowest BCUT2D eigenvalue weighted by molar-refractivity contribution is 0.224. The van der Waals surface area contributed by atoms with Crippen molar-refractivity contribution in [1.82, 2.24) is 5.32 Å². The van der Waals surface area contributed by atoms with Gasteiger partial charge in [0.25, 0.3) is 0 Å². The fraction of sp³-hybridized carbons (Fsp3) is 0.188. The number of carbonyl (C=O) groups is 1. The molecule has 0 radical (unpaired) electrons. The minimum atomic E-state index is -0.391. The van der Waals surface area contributed by atoms with Crippen LogP contribution in [0.1, 0.15) is 5.56 Å². The standard InChI is InChI=1S/C16H17ClN2O2/c17-14-8-4-5-9-15(14)19-16(21)18-13(11-20)10-12-6-2-1-3-7-12/h1-9,13,20H,10-11H2,(H2,18,19,21). The zero-order valence-corrected chi connectivity index (χ0v) is 12.2. The average Bonchev–Trinajstić information content (AvgIpc) is 2.50. The first kappa shape index (κ1) is 15.4. The van der Waals surface area contributed by atoms with Gasteiger partial charge in [-0.2, -0.15) is 0 Å². The predicted molar refractivity (Wildman–Crippen MR) is 84.6 cm³/mol. The number of hydrogen-bond donors (Lipinski definition) is 3. The van der Waals surface area contributed by atoms with E-state index < -0.39 is 6.03 Å². The van der Waals surface area contributed by atoms with E-state index in [2.05, 4.69) is 10.6 Å². The summed E-state index contributed by atoms with van der Waals surface area (Å²) in [6, 6.07) is 15.9. The summed E-state index contributed by atoms with van der Waals surface area (Å²) in [4.78, 5) is 11.9. The fourth-order valence-electron chi connectivity index (χ4n) is 1.97. The maximum absolute atomic E-state index is 11.9. The molecule has 2 aromatic carbocycles. The Hall–Kier alpha value is -2.04. The van der Waals surface area contributed by atoms with Crippen molar-refractivity contribution in [2.75, 3.05) is 11.9 Å². The van der Waals surface area contributed by atoms with Crippen molar-refractivity contribution in [2.45, 2.75) is 12.5 Å². The second-order valence-corrected chi connectivity index (χ2v) is 5.05. The quantitative estimate of drug-likeness (QED) is 0.795. The molecule has 21 heavy (non-hydrogen) atoms. The smallest absolute Gasteiger partial charge is 0.319 e. The molecule has 1 atom stereocenters. The van der Waals surface area contributed by atoms with E-state index in [1.807, 2.05) is 30.3 Å². The van der Waals surface area contributed by atoms with Crippen LogP contribution in [0.3, 0.4) is 0 Å². The van der Waals surface area contributed by atoms with E-state index in [1.54, 1.807) is 24.3 Å². The molecule has 110 valence electrons. The van der Waals surface area contributed by atoms with Gasteiger partial charge in [-0.1, -0.05) is 54.1 Å². The van der Waals surface area contributed by atoms with Crippen molar-refractivity contribution in [3.05, 3.63) is 65.2 Å². The molecule has 0 saturated carbocycles. The lowest BCUT2D eigenvalue weighted by Crippen LogP contribution is -2.41. The molecule has 2 aromatic rings. The molecule has 2 amide bonds. The number of carbonyl (C=O) groups excluding carboxylic acids is 1. The van der Waals surface area contributed by atoms with Gasteiger partial charge in [-0.3, -0.25) is 0 Å². The molecule has 0 spiro atoms. The van der Waals surface area contributed by atoms with Crippen LogP contribution >= 0.6 is 11.6 Å². The highest BCUT2D eigenvalue weighted by atomic mass is 35.5. The highest BCUT2D eigenvalue weighted by Crippen LogP contribution is 2.20. The first-order valence-electron chi connectivity index (χ1n) is 6.66. The van der Waals surface area contributed by atoms with Gasteiger partial charge in [0.15, 0.2) is 0 Å². The number of para-hydroxylation sites is 1. The Kier molecular flexibility index (Phi) is 5.60. The SMILES string of the molecule is O=C(Nc1ccccc1Cl)NC(CO)Cc1ccccc1. The van der Waals surface area contributed by atoms with E-state index in [4.69, 9.17) is 11.6 Å². The molecular formula is C16H17ClN2O2. The molecular weight excluding hydrogens is 288 g/mol. The Morgan fingerprint density at radius 3 is 2.43 bits per heavy atom. The first-order chi connectivity index (χ1) is 10.2. The van der Waals surface area contributed by atoms with Crippen LogP contribution in [0.5, 0.6) is 0 Å². The van der Waals surface area contributed by atoms with Gasteiger partial charge in [0.2, 0.25) is 0 Å². The predicted octanol–water partition coefficient (Wildman–Crippen LogP) is 3.07. The largest absolute Gasteiger partial charge is 0.394 e. The average molecular weight is 305 g/mol. The van der Waals surface area contributed by atoms with Crippen molar-refractivity contribution in [3.63, 3.8) is 0 Å². The lowest BCUT2D eigenvalue weighted by atomic mass is 10.1. The Labute approximate surface area is 128 Å². The van der Waals surface area contributed by atoms with Crippen molar-refractivity contribution in [2.24, 2.45) is 0 Å². The summed E-state index contributed by atoms with van der Waals surface area (Å²) in [5.41, 5.74) is 1.59. The third-order valence-electron chi connectivity index (χ3n) is 3.00. The molecule has 0 aliphatic carbocycles. The molecule has 0 saturated heterocycles. The highest BCUT2D eigenvalue weighted by Gasteiger charge is 2.12. The van der Waals surface area contributed by atoms with Gasteiger partial charge in [0.05, 0.1) is 23.4 Å². The molecule has 2 rings (SSSR count). The molecule has 3 N–H and O–H groups in total. The summed E-state index contributed by atoms with van der Waals surface area (Å²) in [5, 5.41) is 15.3. The van der Waals surface area contributed by atoms with Crippen LogP contribution in [-0.2, 0) is 6.42 Å². The molecule has 4 nitrogen and oxygen atoms in total. The number of aliphatic hydroxyl groups excluding tert-OH is 1. The minimum absolute atomic E-state index is 0.134. The van der Waals surface area contributed by atoms with Crippen LogP contribution < -0.4 is 10.6 Å². The summed E-state index contributed by atoms with van der Waals surface area (Å²) in [7, 11) is 0. The molecule has 1 unspecified atom stereocenters. The van der Waals surface area contributed by atoms with Crippen LogP contribution in [0.2, 0.25) is 5.02 Å². The summed E-state index contributed by atoms with van der Waals surface area (Å²) in [5.74, 6) is 0. The molecule has 5 heteroatoms. The van der Waals surface area contributed by atoms with E-state index in [-0.39, 0.29) is 12.6 Å². The Bertz CT molecular complexity index is 590. The Morgan fingerprint density at radius 2 is 1.76 bits per heavy atom. The maximum Gasteiger partial charge on any atom is 0.319 e. The maximum atomic E-state index is 11.9. The van der Waals surface area contributed by atoms with Gasteiger partial charge in [-0.05, 0) is 24.1 Å². The third-order valence-corrected chi connectivity index (χ3v) is 3.33. The van der Waals surface area contributed by atoms with Gasteiger partial charge >= 0.3 is 6.03 Å². The first-order valence-corrected chi connectivity index (χ1v) is 7.03.